The van der Waals surface area contributed by atoms with Crippen LogP contribution >= 0.6 is 11.6 Å². The van der Waals surface area contributed by atoms with Crippen molar-refractivity contribution in [2.24, 2.45) is 0 Å². The van der Waals surface area contributed by atoms with Crippen LogP contribution in [0.3, 0.4) is 0 Å². The number of hydrogen-bond acceptors (Lipinski definition) is 0. The molecule has 0 fully saturated rings. The summed E-state index contributed by atoms with van der Waals surface area (Å²) < 4.78 is 2.05. The highest BCUT2D eigenvalue weighted by molar-refractivity contribution is 6.33. The Morgan fingerprint density at radius 3 is 2.30 bits per heavy atom. The Balaban J connectivity index is 2.50. The summed E-state index contributed by atoms with van der Waals surface area (Å²) in [5.74, 6) is 0. The quantitative estimate of drug-likeness (QED) is 0.591. The Morgan fingerprint density at radius 2 is 1.65 bits per heavy atom. The maximum Gasteiger partial charge on any atom is 0.121 e. The van der Waals surface area contributed by atoms with Gasteiger partial charge >= 0.3 is 0 Å². The number of fused-ring (bicyclic) bond motifs is 1. The third kappa shape index (κ3) is 1.79. The van der Waals surface area contributed by atoms with E-state index in [1.807, 2.05) is 53.1 Å². The molecule has 0 radical (unpaired) electrons. The summed E-state index contributed by atoms with van der Waals surface area (Å²) in [4.78, 5) is 0. The van der Waals surface area contributed by atoms with Crippen molar-refractivity contribution < 1.29 is 0 Å². The van der Waals surface area contributed by atoms with Crippen LogP contribution in [0.2, 0.25) is 5.15 Å². The molecule has 0 amide bonds. The zero-order valence-electron chi connectivity index (χ0n) is 11.0. The third-order valence-electron chi connectivity index (χ3n) is 3.44. The molecule has 3 rings (SSSR count). The minimum atomic E-state index is 0.676. The van der Waals surface area contributed by atoms with E-state index in [1.54, 1.807) is 6.08 Å². The van der Waals surface area contributed by atoms with E-state index >= 15 is 0 Å². The van der Waals surface area contributed by atoms with Gasteiger partial charge < -0.3 is 0 Å². The predicted molar refractivity (Wildman–Crippen MR) is 88.5 cm³/mol. The molecule has 0 bridgehead atoms. The molecule has 0 aliphatic heterocycles. The third-order valence-corrected chi connectivity index (χ3v) is 3.81. The first kappa shape index (κ1) is 12.8. The van der Waals surface area contributed by atoms with Gasteiger partial charge in [-0.25, -0.2) is 0 Å². The van der Waals surface area contributed by atoms with E-state index in [0.29, 0.717) is 5.15 Å². The Labute approximate surface area is 123 Å². The fraction of sp³-hybridized carbons (Fsp3) is 0. The number of para-hydroxylation sites is 2. The second-order valence-electron chi connectivity index (χ2n) is 4.53. The first-order valence-corrected chi connectivity index (χ1v) is 6.79. The van der Waals surface area contributed by atoms with Crippen LogP contribution in [-0.4, -0.2) is 4.57 Å². The summed E-state index contributed by atoms with van der Waals surface area (Å²) in [6.45, 7) is 7.78. The SMILES string of the molecule is C=Cc1c(Cl)n(-c2ccccc2)c2c(C=C)cccc12. The van der Waals surface area contributed by atoms with Gasteiger partial charge in [-0.1, -0.05) is 73.3 Å². The number of benzene rings is 2. The van der Waals surface area contributed by atoms with Crippen molar-refractivity contribution in [1.82, 2.24) is 4.57 Å². The van der Waals surface area contributed by atoms with Crippen LogP contribution in [0, 0.1) is 0 Å². The van der Waals surface area contributed by atoms with E-state index < -0.39 is 0 Å². The van der Waals surface area contributed by atoms with Crippen LogP contribution in [-0.2, 0) is 0 Å². The van der Waals surface area contributed by atoms with E-state index in [0.717, 1.165) is 27.7 Å². The lowest BCUT2D eigenvalue weighted by molar-refractivity contribution is 1.12. The van der Waals surface area contributed by atoms with Gasteiger partial charge in [-0.3, -0.25) is 4.57 Å². The Morgan fingerprint density at radius 1 is 0.900 bits per heavy atom. The molecule has 0 N–H and O–H groups in total. The molecule has 0 saturated carbocycles. The van der Waals surface area contributed by atoms with Gasteiger partial charge in [0.15, 0.2) is 0 Å². The predicted octanol–water partition coefficient (Wildman–Crippen LogP) is 5.57. The molecule has 0 aliphatic carbocycles. The van der Waals surface area contributed by atoms with Crippen molar-refractivity contribution in [1.29, 1.82) is 0 Å². The number of hydrogen-bond donors (Lipinski definition) is 0. The number of rotatable bonds is 3. The lowest BCUT2D eigenvalue weighted by Crippen LogP contribution is -1.94. The fourth-order valence-corrected chi connectivity index (χ4v) is 2.90. The van der Waals surface area contributed by atoms with Gasteiger partial charge in [0.1, 0.15) is 5.15 Å². The zero-order valence-corrected chi connectivity index (χ0v) is 11.8. The molecule has 0 unspecified atom stereocenters. The van der Waals surface area contributed by atoms with E-state index in [4.69, 9.17) is 11.6 Å². The minimum absolute atomic E-state index is 0.676. The summed E-state index contributed by atoms with van der Waals surface area (Å²) in [5.41, 5.74) is 4.11. The van der Waals surface area contributed by atoms with Gasteiger partial charge in [-0.15, -0.1) is 0 Å². The van der Waals surface area contributed by atoms with Gasteiger partial charge in [0.2, 0.25) is 0 Å². The van der Waals surface area contributed by atoms with Crippen LogP contribution in [0.4, 0.5) is 0 Å². The molecule has 1 aromatic heterocycles. The summed E-state index contributed by atoms with van der Waals surface area (Å²) in [5, 5.41) is 1.77. The Bertz CT molecular complexity index is 797. The molecule has 1 nitrogen and oxygen atoms in total. The summed E-state index contributed by atoms with van der Waals surface area (Å²) in [6.07, 6.45) is 3.65. The van der Waals surface area contributed by atoms with Crippen molar-refractivity contribution in [2.45, 2.75) is 0 Å². The number of halogens is 1. The van der Waals surface area contributed by atoms with Gasteiger partial charge in [-0.05, 0) is 17.7 Å². The minimum Gasteiger partial charge on any atom is -0.299 e. The Hall–Kier alpha value is -2.25. The monoisotopic (exact) mass is 279 g/mol. The summed E-state index contributed by atoms with van der Waals surface area (Å²) in [6, 6.07) is 16.2. The molecule has 0 aliphatic rings. The molecule has 2 heteroatoms. The number of nitrogens with zero attached hydrogens (tertiary/aromatic N) is 1. The molecule has 3 aromatic rings. The first-order valence-electron chi connectivity index (χ1n) is 6.41. The van der Waals surface area contributed by atoms with Crippen LogP contribution in [0.5, 0.6) is 0 Å². The zero-order chi connectivity index (χ0) is 14.1. The van der Waals surface area contributed by atoms with E-state index in [-0.39, 0.29) is 0 Å². The summed E-state index contributed by atoms with van der Waals surface area (Å²) in [7, 11) is 0. The molecular weight excluding hydrogens is 266 g/mol. The van der Waals surface area contributed by atoms with Crippen LogP contribution in [0.25, 0.3) is 28.7 Å². The number of aromatic nitrogens is 1. The molecule has 0 spiro atoms. The van der Waals surface area contributed by atoms with Crippen LogP contribution < -0.4 is 0 Å². The largest absolute Gasteiger partial charge is 0.299 e. The maximum atomic E-state index is 6.57. The summed E-state index contributed by atoms with van der Waals surface area (Å²) >= 11 is 6.57. The van der Waals surface area contributed by atoms with Crippen LogP contribution in [0.1, 0.15) is 11.1 Å². The van der Waals surface area contributed by atoms with E-state index in [9.17, 15) is 0 Å². The highest BCUT2D eigenvalue weighted by Gasteiger charge is 2.16. The average Bonchev–Trinajstić information content (AvgIpc) is 2.79. The average molecular weight is 280 g/mol. The van der Waals surface area contributed by atoms with Crippen molar-refractivity contribution in [2.75, 3.05) is 0 Å². The highest BCUT2D eigenvalue weighted by Crippen LogP contribution is 2.35. The van der Waals surface area contributed by atoms with Gasteiger partial charge in [-0.2, -0.15) is 0 Å². The molecule has 0 atom stereocenters. The second kappa shape index (κ2) is 5.03. The van der Waals surface area contributed by atoms with Gasteiger partial charge in [0.25, 0.3) is 0 Å². The molecule has 1 heterocycles. The topological polar surface area (TPSA) is 4.93 Å². The van der Waals surface area contributed by atoms with Crippen molar-refractivity contribution in [3.63, 3.8) is 0 Å². The highest BCUT2D eigenvalue weighted by atomic mass is 35.5. The van der Waals surface area contributed by atoms with Gasteiger partial charge in [0, 0.05) is 16.6 Å². The molecular formula is C18H14ClN. The van der Waals surface area contributed by atoms with E-state index in [1.165, 1.54) is 0 Å². The van der Waals surface area contributed by atoms with Crippen molar-refractivity contribution in [3.05, 3.63) is 78.0 Å². The normalized spacial score (nSPS) is 10.7. The maximum absolute atomic E-state index is 6.57. The smallest absolute Gasteiger partial charge is 0.121 e. The van der Waals surface area contributed by atoms with Crippen molar-refractivity contribution in [3.8, 4) is 5.69 Å². The molecule has 98 valence electrons. The lowest BCUT2D eigenvalue weighted by Gasteiger charge is -2.09. The van der Waals surface area contributed by atoms with Crippen molar-refractivity contribution >= 4 is 34.7 Å². The first-order chi connectivity index (χ1) is 9.77. The lowest BCUT2D eigenvalue weighted by atomic mass is 10.1. The Kier molecular flexibility index (Phi) is 3.21. The van der Waals surface area contributed by atoms with E-state index in [2.05, 4.69) is 19.2 Å². The molecule has 2 aromatic carbocycles. The molecule has 20 heavy (non-hydrogen) atoms. The van der Waals surface area contributed by atoms with Crippen LogP contribution in [0.15, 0.2) is 61.7 Å². The fourth-order valence-electron chi connectivity index (χ4n) is 2.54. The van der Waals surface area contributed by atoms with Gasteiger partial charge in [0.05, 0.1) is 5.52 Å². The second-order valence-corrected chi connectivity index (χ2v) is 4.89. The standard InChI is InChI=1S/C18H14ClN/c1-3-13-9-8-12-16-15(4-2)18(19)20(17(13)16)14-10-6-5-7-11-14/h3-12H,1-2H2. The molecule has 0 saturated heterocycles.